The number of nitrogens with zero attached hydrogens (tertiary/aromatic N) is 2. The number of nitrogens with one attached hydrogen (secondary N) is 1. The molecule has 2 aromatic carbocycles. The maximum absolute atomic E-state index is 9.34. The molecule has 0 bridgehead atoms. The summed E-state index contributed by atoms with van der Waals surface area (Å²) in [5.74, 6) is 0. The van der Waals surface area contributed by atoms with E-state index >= 15 is 0 Å². The van der Waals surface area contributed by atoms with Crippen LogP contribution in [0.2, 0.25) is 0 Å². The molecule has 0 saturated carbocycles. The minimum absolute atomic E-state index is 0.713. The molecule has 0 amide bonds. The molecular weight excluding hydrogens is 286 g/mol. The van der Waals surface area contributed by atoms with Gasteiger partial charge < -0.3 is 4.98 Å². The molecule has 0 atom stereocenters. The zero-order valence-electron chi connectivity index (χ0n) is 10.8. The highest BCUT2D eigenvalue weighted by atomic mass is 32.2. The molecule has 0 saturated heterocycles. The molecule has 20 heavy (non-hydrogen) atoms. The lowest BCUT2D eigenvalue weighted by molar-refractivity contribution is 1.08. The number of nitriles is 1. The van der Waals surface area contributed by atoms with Crippen molar-refractivity contribution >= 4 is 34.6 Å². The molecule has 1 aromatic heterocycles. The minimum atomic E-state index is 0.713. The zero-order chi connectivity index (χ0) is 13.9. The Morgan fingerprint density at radius 1 is 1.10 bits per heavy atom. The number of hydrogen-bond donors (Lipinski definition) is 1. The maximum Gasteiger partial charge on any atom is 0.171 e. The van der Waals surface area contributed by atoms with Crippen LogP contribution in [0.1, 0.15) is 5.56 Å². The Morgan fingerprint density at radius 3 is 2.65 bits per heavy atom. The van der Waals surface area contributed by atoms with Gasteiger partial charge in [0, 0.05) is 9.79 Å². The Morgan fingerprint density at radius 2 is 1.90 bits per heavy atom. The molecule has 1 heterocycles. The number of hydrogen-bond acceptors (Lipinski definition) is 4. The molecule has 3 rings (SSSR count). The molecule has 5 heteroatoms. The van der Waals surface area contributed by atoms with Crippen LogP contribution in [-0.4, -0.2) is 16.2 Å². The maximum atomic E-state index is 9.34. The fraction of sp³-hybridized carbons (Fsp3) is 0.0667. The summed E-state index contributed by atoms with van der Waals surface area (Å²) in [6, 6.07) is 16.1. The van der Waals surface area contributed by atoms with E-state index in [1.807, 2.05) is 48.7 Å². The molecule has 98 valence electrons. The molecule has 0 aliphatic rings. The van der Waals surface area contributed by atoms with E-state index in [2.05, 4.69) is 16.0 Å². The van der Waals surface area contributed by atoms with Gasteiger partial charge in [0.15, 0.2) is 5.16 Å². The van der Waals surface area contributed by atoms with Gasteiger partial charge in [-0.3, -0.25) is 0 Å². The van der Waals surface area contributed by atoms with E-state index in [9.17, 15) is 5.26 Å². The first-order valence-electron chi connectivity index (χ1n) is 6.01. The van der Waals surface area contributed by atoms with Gasteiger partial charge in [0.1, 0.15) is 6.07 Å². The van der Waals surface area contributed by atoms with E-state index in [1.54, 1.807) is 11.8 Å². The fourth-order valence-electron chi connectivity index (χ4n) is 1.96. The summed E-state index contributed by atoms with van der Waals surface area (Å²) >= 11 is 3.07. The highest BCUT2D eigenvalue weighted by Crippen LogP contribution is 2.33. The van der Waals surface area contributed by atoms with E-state index < -0.39 is 0 Å². The Labute approximate surface area is 125 Å². The Balaban J connectivity index is 2.01. The van der Waals surface area contributed by atoms with Gasteiger partial charge in [-0.05, 0) is 30.5 Å². The van der Waals surface area contributed by atoms with Crippen molar-refractivity contribution in [2.75, 3.05) is 6.26 Å². The summed E-state index contributed by atoms with van der Waals surface area (Å²) in [5.41, 5.74) is 2.66. The van der Waals surface area contributed by atoms with Crippen LogP contribution >= 0.6 is 23.5 Å². The standard InChI is InChI=1S/C15H11N3S2/c1-19-13-7-4-8-14(10(13)9-16)20-15-17-11-5-2-3-6-12(11)18-15/h2-8H,1H3,(H,17,18). The molecule has 0 aliphatic carbocycles. The van der Waals surface area contributed by atoms with Crippen molar-refractivity contribution in [3.05, 3.63) is 48.0 Å². The molecule has 0 radical (unpaired) electrons. The third kappa shape index (κ3) is 2.40. The number of para-hydroxylation sites is 2. The first-order chi connectivity index (χ1) is 9.81. The first kappa shape index (κ1) is 13.1. The van der Waals surface area contributed by atoms with E-state index in [-0.39, 0.29) is 0 Å². The van der Waals surface area contributed by atoms with Gasteiger partial charge in [-0.15, -0.1) is 11.8 Å². The monoisotopic (exact) mass is 297 g/mol. The molecule has 0 aliphatic heterocycles. The van der Waals surface area contributed by atoms with Gasteiger partial charge >= 0.3 is 0 Å². The van der Waals surface area contributed by atoms with E-state index in [4.69, 9.17) is 0 Å². The SMILES string of the molecule is CSc1cccc(Sc2nc3ccccc3[nH]2)c1C#N. The van der Waals surface area contributed by atoms with E-state index in [0.29, 0.717) is 5.56 Å². The van der Waals surface area contributed by atoms with E-state index in [1.165, 1.54) is 11.8 Å². The van der Waals surface area contributed by atoms with Crippen LogP contribution in [0.4, 0.5) is 0 Å². The summed E-state index contributed by atoms with van der Waals surface area (Å²) < 4.78 is 0. The van der Waals surface area contributed by atoms with Crippen molar-refractivity contribution in [3.63, 3.8) is 0 Å². The predicted octanol–water partition coefficient (Wildman–Crippen LogP) is 4.31. The van der Waals surface area contributed by atoms with Crippen LogP contribution in [0.15, 0.2) is 57.4 Å². The molecular formula is C15H11N3S2. The summed E-state index contributed by atoms with van der Waals surface area (Å²) in [7, 11) is 0. The normalized spacial score (nSPS) is 10.6. The topological polar surface area (TPSA) is 52.5 Å². The van der Waals surface area contributed by atoms with Crippen molar-refractivity contribution in [3.8, 4) is 6.07 Å². The Hall–Kier alpha value is -1.90. The van der Waals surface area contributed by atoms with Crippen LogP contribution in [0, 0.1) is 11.3 Å². The predicted molar refractivity (Wildman–Crippen MR) is 83.2 cm³/mol. The molecule has 0 spiro atoms. The zero-order valence-corrected chi connectivity index (χ0v) is 12.4. The average molecular weight is 297 g/mol. The molecule has 1 N–H and O–H groups in total. The van der Waals surface area contributed by atoms with Gasteiger partial charge in [0.05, 0.1) is 16.6 Å². The van der Waals surface area contributed by atoms with Gasteiger partial charge in [-0.2, -0.15) is 5.26 Å². The van der Waals surface area contributed by atoms with Gasteiger partial charge in [0.25, 0.3) is 0 Å². The van der Waals surface area contributed by atoms with E-state index in [0.717, 1.165) is 26.0 Å². The summed E-state index contributed by atoms with van der Waals surface area (Å²) in [5, 5.41) is 10.1. The number of rotatable bonds is 3. The van der Waals surface area contributed by atoms with Crippen molar-refractivity contribution in [2.24, 2.45) is 0 Å². The number of fused-ring (bicyclic) bond motifs is 1. The smallest absolute Gasteiger partial charge is 0.171 e. The van der Waals surface area contributed by atoms with Crippen molar-refractivity contribution < 1.29 is 0 Å². The number of aromatic amines is 1. The lowest BCUT2D eigenvalue weighted by atomic mass is 10.2. The van der Waals surface area contributed by atoms with Gasteiger partial charge in [-0.25, -0.2) is 4.98 Å². The number of aromatic nitrogens is 2. The van der Waals surface area contributed by atoms with Crippen LogP contribution < -0.4 is 0 Å². The lowest BCUT2D eigenvalue weighted by Gasteiger charge is -2.05. The third-order valence-electron chi connectivity index (χ3n) is 2.89. The second-order valence-electron chi connectivity index (χ2n) is 4.11. The van der Waals surface area contributed by atoms with Crippen molar-refractivity contribution in [2.45, 2.75) is 14.9 Å². The summed E-state index contributed by atoms with van der Waals surface area (Å²) in [6.45, 7) is 0. The molecule has 0 unspecified atom stereocenters. The van der Waals surface area contributed by atoms with Gasteiger partial charge in [-0.1, -0.05) is 30.0 Å². The Kier molecular flexibility index (Phi) is 3.68. The minimum Gasteiger partial charge on any atom is -0.333 e. The second kappa shape index (κ2) is 5.61. The third-order valence-corrected chi connectivity index (χ3v) is 4.62. The summed E-state index contributed by atoms with van der Waals surface area (Å²) in [6.07, 6.45) is 1.98. The summed E-state index contributed by atoms with van der Waals surface area (Å²) in [4.78, 5) is 9.72. The highest BCUT2D eigenvalue weighted by molar-refractivity contribution is 7.99. The molecule has 0 fully saturated rings. The van der Waals surface area contributed by atoms with Crippen molar-refractivity contribution in [1.29, 1.82) is 5.26 Å². The highest BCUT2D eigenvalue weighted by Gasteiger charge is 2.11. The number of H-pyrrole nitrogens is 1. The van der Waals surface area contributed by atoms with Crippen LogP contribution in [0.5, 0.6) is 0 Å². The molecule has 3 nitrogen and oxygen atoms in total. The van der Waals surface area contributed by atoms with Crippen LogP contribution in [-0.2, 0) is 0 Å². The second-order valence-corrected chi connectivity index (χ2v) is 5.99. The quantitative estimate of drug-likeness (QED) is 0.732. The lowest BCUT2D eigenvalue weighted by Crippen LogP contribution is -1.86. The number of thioether (sulfide) groups is 1. The number of imidazole rings is 1. The van der Waals surface area contributed by atoms with Crippen LogP contribution in [0.3, 0.4) is 0 Å². The van der Waals surface area contributed by atoms with Crippen LogP contribution in [0.25, 0.3) is 11.0 Å². The number of benzene rings is 2. The Bertz CT molecular complexity index is 769. The van der Waals surface area contributed by atoms with Gasteiger partial charge in [0.2, 0.25) is 0 Å². The van der Waals surface area contributed by atoms with Crippen molar-refractivity contribution in [1.82, 2.24) is 9.97 Å². The first-order valence-corrected chi connectivity index (χ1v) is 8.05. The molecule has 3 aromatic rings. The fourth-order valence-corrected chi connectivity index (χ4v) is 3.51. The largest absolute Gasteiger partial charge is 0.333 e. The average Bonchev–Trinajstić information content (AvgIpc) is 2.89.